The SMILES string of the molecule is CC(C)(C)N1C[C@@H](O)[C@@H](N)C1. The van der Waals surface area contributed by atoms with Crippen molar-refractivity contribution in [3.63, 3.8) is 0 Å². The standard InChI is InChI=1S/C8H18N2O/c1-8(2,3)10-4-6(9)7(11)5-10/h6-7,11H,4-5,9H2,1-3H3/t6-,7+/m0/s1. The number of likely N-dealkylation sites (tertiary alicyclic amines) is 1. The fraction of sp³-hybridized carbons (Fsp3) is 1.00. The maximum absolute atomic E-state index is 9.36. The van der Waals surface area contributed by atoms with Gasteiger partial charge >= 0.3 is 0 Å². The molecule has 0 radical (unpaired) electrons. The van der Waals surface area contributed by atoms with E-state index in [9.17, 15) is 5.11 Å². The molecule has 2 atom stereocenters. The third kappa shape index (κ3) is 1.92. The normalized spacial score (nSPS) is 34.6. The van der Waals surface area contributed by atoms with E-state index in [1.807, 2.05) is 0 Å². The minimum absolute atomic E-state index is 0.0609. The lowest BCUT2D eigenvalue weighted by Gasteiger charge is -2.31. The second kappa shape index (κ2) is 2.73. The summed E-state index contributed by atoms with van der Waals surface area (Å²) in [5.74, 6) is 0. The Morgan fingerprint density at radius 3 is 2.09 bits per heavy atom. The van der Waals surface area contributed by atoms with Gasteiger partial charge in [-0.3, -0.25) is 4.90 Å². The number of nitrogens with zero attached hydrogens (tertiary/aromatic N) is 1. The first-order valence-corrected chi connectivity index (χ1v) is 4.10. The second-order valence-corrected chi connectivity index (χ2v) is 4.31. The van der Waals surface area contributed by atoms with Crippen LogP contribution in [0.25, 0.3) is 0 Å². The first-order chi connectivity index (χ1) is 4.91. The van der Waals surface area contributed by atoms with E-state index < -0.39 is 0 Å². The largest absolute Gasteiger partial charge is 0.390 e. The Bertz CT molecular complexity index is 132. The summed E-state index contributed by atoms with van der Waals surface area (Å²) >= 11 is 0. The average Bonchev–Trinajstić information content (AvgIpc) is 2.11. The van der Waals surface area contributed by atoms with Gasteiger partial charge in [-0.1, -0.05) is 0 Å². The monoisotopic (exact) mass is 158 g/mol. The van der Waals surface area contributed by atoms with Crippen LogP contribution < -0.4 is 5.73 Å². The maximum Gasteiger partial charge on any atom is 0.0830 e. The van der Waals surface area contributed by atoms with Crippen LogP contribution >= 0.6 is 0 Å². The van der Waals surface area contributed by atoms with Crippen LogP contribution in [0, 0.1) is 0 Å². The second-order valence-electron chi connectivity index (χ2n) is 4.31. The van der Waals surface area contributed by atoms with E-state index in [0.29, 0.717) is 6.54 Å². The molecule has 3 nitrogen and oxygen atoms in total. The van der Waals surface area contributed by atoms with E-state index in [4.69, 9.17) is 5.73 Å². The summed E-state index contributed by atoms with van der Waals surface area (Å²) in [4.78, 5) is 2.21. The minimum Gasteiger partial charge on any atom is -0.390 e. The van der Waals surface area contributed by atoms with Crippen LogP contribution in [0.15, 0.2) is 0 Å². The zero-order valence-corrected chi connectivity index (χ0v) is 7.54. The zero-order valence-electron chi connectivity index (χ0n) is 7.54. The number of hydrogen-bond donors (Lipinski definition) is 2. The highest BCUT2D eigenvalue weighted by molar-refractivity contribution is 4.92. The van der Waals surface area contributed by atoms with Crippen molar-refractivity contribution in [2.75, 3.05) is 13.1 Å². The fourth-order valence-corrected chi connectivity index (χ4v) is 1.36. The Hall–Kier alpha value is -0.120. The lowest BCUT2D eigenvalue weighted by atomic mass is 10.1. The fourth-order valence-electron chi connectivity index (χ4n) is 1.36. The molecule has 0 bridgehead atoms. The summed E-state index contributed by atoms with van der Waals surface area (Å²) in [6, 6.07) is -0.0609. The molecule has 0 aromatic rings. The molecule has 1 saturated heterocycles. The quantitative estimate of drug-likeness (QED) is 0.513. The number of nitrogens with two attached hydrogens (primary N) is 1. The molecule has 0 aliphatic carbocycles. The number of rotatable bonds is 0. The van der Waals surface area contributed by atoms with Gasteiger partial charge < -0.3 is 10.8 Å². The highest BCUT2D eigenvalue weighted by Gasteiger charge is 2.34. The molecule has 0 amide bonds. The van der Waals surface area contributed by atoms with E-state index in [1.54, 1.807) is 0 Å². The molecule has 0 aromatic heterocycles. The van der Waals surface area contributed by atoms with Crippen LogP contribution in [-0.2, 0) is 0 Å². The van der Waals surface area contributed by atoms with Gasteiger partial charge in [0.05, 0.1) is 6.10 Å². The van der Waals surface area contributed by atoms with Gasteiger partial charge in [-0.25, -0.2) is 0 Å². The number of β-amino-alcohol motifs (C(OH)–C–C–N with tert-alkyl or cyclic N) is 1. The van der Waals surface area contributed by atoms with Crippen molar-refractivity contribution in [1.29, 1.82) is 0 Å². The molecule has 1 aliphatic heterocycles. The van der Waals surface area contributed by atoms with Crippen molar-refractivity contribution in [2.24, 2.45) is 5.73 Å². The molecule has 1 aliphatic rings. The van der Waals surface area contributed by atoms with E-state index in [-0.39, 0.29) is 17.7 Å². The van der Waals surface area contributed by atoms with Crippen LogP contribution in [0.1, 0.15) is 20.8 Å². The molecule has 0 aromatic carbocycles. The van der Waals surface area contributed by atoms with E-state index in [2.05, 4.69) is 25.7 Å². The smallest absolute Gasteiger partial charge is 0.0830 e. The third-order valence-electron chi connectivity index (χ3n) is 2.28. The average molecular weight is 158 g/mol. The summed E-state index contributed by atoms with van der Waals surface area (Å²) in [6.45, 7) is 7.93. The summed E-state index contributed by atoms with van der Waals surface area (Å²) in [5, 5.41) is 9.36. The summed E-state index contributed by atoms with van der Waals surface area (Å²) in [7, 11) is 0. The van der Waals surface area contributed by atoms with E-state index in [0.717, 1.165) is 6.54 Å². The van der Waals surface area contributed by atoms with Crippen LogP contribution in [0.5, 0.6) is 0 Å². The maximum atomic E-state index is 9.36. The highest BCUT2D eigenvalue weighted by Crippen LogP contribution is 2.19. The van der Waals surface area contributed by atoms with Crippen LogP contribution in [0.4, 0.5) is 0 Å². The summed E-state index contributed by atoms with van der Waals surface area (Å²) < 4.78 is 0. The van der Waals surface area contributed by atoms with Crippen molar-refractivity contribution in [3.05, 3.63) is 0 Å². The lowest BCUT2D eigenvalue weighted by Crippen LogP contribution is -2.40. The van der Waals surface area contributed by atoms with Crippen LogP contribution in [0.3, 0.4) is 0 Å². The van der Waals surface area contributed by atoms with Gasteiger partial charge in [-0.2, -0.15) is 0 Å². The summed E-state index contributed by atoms with van der Waals surface area (Å²) in [5.41, 5.74) is 5.81. The zero-order chi connectivity index (χ0) is 8.65. The summed E-state index contributed by atoms with van der Waals surface area (Å²) in [6.07, 6.45) is -0.339. The topological polar surface area (TPSA) is 49.5 Å². The van der Waals surface area contributed by atoms with Crippen molar-refractivity contribution >= 4 is 0 Å². The molecular formula is C8H18N2O. The Morgan fingerprint density at radius 1 is 1.36 bits per heavy atom. The van der Waals surface area contributed by atoms with Gasteiger partial charge in [0.2, 0.25) is 0 Å². The molecule has 3 heteroatoms. The van der Waals surface area contributed by atoms with Gasteiger partial charge in [0, 0.05) is 24.7 Å². The van der Waals surface area contributed by atoms with Gasteiger partial charge in [0.1, 0.15) is 0 Å². The molecule has 3 N–H and O–H groups in total. The van der Waals surface area contributed by atoms with E-state index in [1.165, 1.54) is 0 Å². The molecule has 0 spiro atoms. The van der Waals surface area contributed by atoms with Crippen LogP contribution in [0.2, 0.25) is 0 Å². The predicted octanol–water partition coefficient (Wildman–Crippen LogP) is -0.211. The molecule has 1 fully saturated rings. The molecule has 11 heavy (non-hydrogen) atoms. The van der Waals surface area contributed by atoms with Crippen LogP contribution in [-0.4, -0.2) is 40.8 Å². The molecule has 0 unspecified atom stereocenters. The molecule has 1 rings (SSSR count). The number of aliphatic hydroxyl groups is 1. The third-order valence-corrected chi connectivity index (χ3v) is 2.28. The van der Waals surface area contributed by atoms with Gasteiger partial charge in [0.15, 0.2) is 0 Å². The van der Waals surface area contributed by atoms with Gasteiger partial charge in [-0.15, -0.1) is 0 Å². The first kappa shape index (κ1) is 8.97. The predicted molar refractivity (Wildman–Crippen MR) is 45.3 cm³/mol. The van der Waals surface area contributed by atoms with Gasteiger partial charge in [-0.05, 0) is 20.8 Å². The Labute approximate surface area is 68.2 Å². The molecule has 1 heterocycles. The number of aliphatic hydroxyl groups excluding tert-OH is 1. The Balaban J connectivity index is 2.54. The molecule has 0 saturated carbocycles. The van der Waals surface area contributed by atoms with Crippen molar-refractivity contribution in [2.45, 2.75) is 38.5 Å². The van der Waals surface area contributed by atoms with E-state index >= 15 is 0 Å². The Morgan fingerprint density at radius 2 is 1.91 bits per heavy atom. The first-order valence-electron chi connectivity index (χ1n) is 4.10. The van der Waals surface area contributed by atoms with Gasteiger partial charge in [0.25, 0.3) is 0 Å². The van der Waals surface area contributed by atoms with Crippen molar-refractivity contribution in [3.8, 4) is 0 Å². The Kier molecular flexibility index (Phi) is 2.23. The number of hydrogen-bond acceptors (Lipinski definition) is 3. The molecule has 66 valence electrons. The lowest BCUT2D eigenvalue weighted by molar-refractivity contribution is 0.128. The minimum atomic E-state index is -0.339. The van der Waals surface area contributed by atoms with Crippen molar-refractivity contribution in [1.82, 2.24) is 4.90 Å². The highest BCUT2D eigenvalue weighted by atomic mass is 16.3. The van der Waals surface area contributed by atoms with Crippen molar-refractivity contribution < 1.29 is 5.11 Å². The molecular weight excluding hydrogens is 140 g/mol.